The minimum atomic E-state index is -0.978. The predicted molar refractivity (Wildman–Crippen MR) is 138 cm³/mol. The van der Waals surface area contributed by atoms with Crippen LogP contribution in [0.3, 0.4) is 0 Å². The number of rotatable bonds is 6. The van der Waals surface area contributed by atoms with Crippen LogP contribution in [0.1, 0.15) is 11.6 Å². The zero-order valence-electron chi connectivity index (χ0n) is 19.7. The fourth-order valence-electron chi connectivity index (χ4n) is 4.60. The van der Waals surface area contributed by atoms with Crippen molar-refractivity contribution in [3.05, 3.63) is 77.3 Å². The first-order chi connectivity index (χ1) is 17.9. The van der Waals surface area contributed by atoms with Gasteiger partial charge in [-0.05, 0) is 42.0 Å². The van der Waals surface area contributed by atoms with Crippen molar-refractivity contribution in [3.63, 3.8) is 0 Å². The molecule has 2 aromatic heterocycles. The van der Waals surface area contributed by atoms with Crippen molar-refractivity contribution in [2.24, 2.45) is 0 Å². The van der Waals surface area contributed by atoms with E-state index in [9.17, 15) is 19.4 Å². The molecule has 1 aliphatic heterocycles. The molecule has 1 fully saturated rings. The van der Waals surface area contributed by atoms with E-state index < -0.39 is 11.9 Å². The van der Waals surface area contributed by atoms with Crippen LogP contribution in [-0.4, -0.2) is 74.1 Å². The lowest BCUT2D eigenvalue weighted by molar-refractivity contribution is 0.0596. The fourth-order valence-corrected chi connectivity index (χ4v) is 4.77. The number of aliphatic hydroxyl groups is 1. The lowest BCUT2D eigenvalue weighted by atomic mass is 10.00. The van der Waals surface area contributed by atoms with Crippen molar-refractivity contribution in [2.45, 2.75) is 6.04 Å². The van der Waals surface area contributed by atoms with Crippen molar-refractivity contribution in [2.75, 3.05) is 38.1 Å². The molecule has 0 aliphatic carbocycles. The number of halogens is 2. The van der Waals surface area contributed by atoms with Gasteiger partial charge in [-0.1, -0.05) is 23.7 Å². The van der Waals surface area contributed by atoms with Crippen LogP contribution in [-0.2, 0) is 0 Å². The number of piperazine rings is 1. The fraction of sp³-hybridized carbons (Fsp3) is 0.231. The van der Waals surface area contributed by atoms with Gasteiger partial charge < -0.3 is 15.5 Å². The number of aromatic nitrogens is 3. The van der Waals surface area contributed by atoms with Gasteiger partial charge >= 0.3 is 6.09 Å². The molecule has 9 nitrogen and oxygen atoms in total. The summed E-state index contributed by atoms with van der Waals surface area (Å²) in [4.78, 5) is 19.9. The molecule has 0 radical (unpaired) electrons. The van der Waals surface area contributed by atoms with Gasteiger partial charge in [-0.3, -0.25) is 14.8 Å². The number of carboxylic acid groups (broad SMARTS) is 1. The average molecular weight is 523 g/mol. The highest BCUT2D eigenvalue weighted by molar-refractivity contribution is 6.30. The molecule has 1 saturated heterocycles. The van der Waals surface area contributed by atoms with Crippen LogP contribution in [0.4, 0.5) is 20.6 Å². The maximum absolute atomic E-state index is 14.3. The molecule has 1 atom stereocenters. The molecule has 0 bridgehead atoms. The van der Waals surface area contributed by atoms with Crippen LogP contribution >= 0.6 is 11.6 Å². The summed E-state index contributed by atoms with van der Waals surface area (Å²) in [5.41, 5.74) is 3.46. The lowest BCUT2D eigenvalue weighted by Gasteiger charge is -2.40. The number of hydrogen-bond acceptors (Lipinski definition) is 7. The third-order valence-corrected chi connectivity index (χ3v) is 6.65. The number of amides is 1. The summed E-state index contributed by atoms with van der Waals surface area (Å²) in [6.45, 7) is 1.93. The molecule has 190 valence electrons. The number of hydrogen-bond donors (Lipinski definition) is 3. The number of nitrogens with zero attached hydrogens (tertiary/aromatic N) is 5. The Morgan fingerprint density at radius 3 is 2.84 bits per heavy atom. The van der Waals surface area contributed by atoms with E-state index in [1.54, 1.807) is 12.3 Å². The Labute approximate surface area is 217 Å². The van der Waals surface area contributed by atoms with E-state index in [-0.39, 0.29) is 18.2 Å². The molecule has 11 heteroatoms. The lowest BCUT2D eigenvalue weighted by Crippen LogP contribution is -2.50. The summed E-state index contributed by atoms with van der Waals surface area (Å²) < 4.78 is 14.3. The summed E-state index contributed by atoms with van der Waals surface area (Å²) in [7, 11) is 0. The molecule has 3 heterocycles. The Balaban J connectivity index is 1.45. The molecular formula is C26H24ClFN6O3. The third-order valence-electron chi connectivity index (χ3n) is 6.42. The molecule has 0 saturated carbocycles. The Hall–Kier alpha value is -3.86. The van der Waals surface area contributed by atoms with Crippen molar-refractivity contribution in [3.8, 4) is 11.3 Å². The molecular weight excluding hydrogens is 499 g/mol. The number of nitrogens with one attached hydrogen (secondary N) is 1. The molecule has 5 rings (SSSR count). The highest BCUT2D eigenvalue weighted by Gasteiger charge is 2.31. The summed E-state index contributed by atoms with van der Waals surface area (Å²) in [6, 6.07) is 13.1. The van der Waals surface area contributed by atoms with Crippen molar-refractivity contribution < 1.29 is 19.4 Å². The number of benzene rings is 2. The smallest absolute Gasteiger partial charge is 0.407 e. The Bertz CT molecular complexity index is 1460. The van der Waals surface area contributed by atoms with Gasteiger partial charge in [0.25, 0.3) is 0 Å². The SMILES string of the molecule is O=C(O)N1CCN(CCO)CC1c1ccc2c(Nc3cnnc(-c4cc(Cl)ccc4F)c3)ccnc2c1. The van der Waals surface area contributed by atoms with Gasteiger partial charge in [0.1, 0.15) is 5.82 Å². The van der Waals surface area contributed by atoms with E-state index in [0.29, 0.717) is 48.1 Å². The van der Waals surface area contributed by atoms with Gasteiger partial charge in [0, 0.05) is 54.0 Å². The maximum Gasteiger partial charge on any atom is 0.407 e. The van der Waals surface area contributed by atoms with Gasteiger partial charge in [0.05, 0.1) is 35.7 Å². The second kappa shape index (κ2) is 10.6. The van der Waals surface area contributed by atoms with Gasteiger partial charge in [-0.2, -0.15) is 10.2 Å². The van der Waals surface area contributed by atoms with E-state index in [4.69, 9.17) is 11.6 Å². The topological polar surface area (TPSA) is 115 Å². The van der Waals surface area contributed by atoms with Crippen LogP contribution in [0, 0.1) is 5.82 Å². The van der Waals surface area contributed by atoms with Crippen LogP contribution in [0.15, 0.2) is 60.9 Å². The molecule has 4 aromatic rings. The Kier molecular flexibility index (Phi) is 7.13. The number of fused-ring (bicyclic) bond motifs is 1. The van der Waals surface area contributed by atoms with Gasteiger partial charge in [-0.15, -0.1) is 0 Å². The minimum Gasteiger partial charge on any atom is -0.465 e. The first kappa shape index (κ1) is 24.8. The molecule has 0 spiro atoms. The number of carbonyl (C=O) groups is 1. The highest BCUT2D eigenvalue weighted by atomic mass is 35.5. The van der Waals surface area contributed by atoms with Crippen LogP contribution in [0.5, 0.6) is 0 Å². The summed E-state index contributed by atoms with van der Waals surface area (Å²) in [6.07, 6.45) is 2.22. The van der Waals surface area contributed by atoms with E-state index in [1.165, 1.54) is 29.3 Å². The van der Waals surface area contributed by atoms with Crippen molar-refractivity contribution >= 4 is 40.0 Å². The minimum absolute atomic E-state index is 0.0175. The van der Waals surface area contributed by atoms with E-state index in [0.717, 1.165) is 16.6 Å². The van der Waals surface area contributed by atoms with Gasteiger partial charge in [0.2, 0.25) is 0 Å². The number of anilines is 2. The summed E-state index contributed by atoms with van der Waals surface area (Å²) in [5.74, 6) is -0.451. The second-order valence-electron chi connectivity index (χ2n) is 8.73. The van der Waals surface area contributed by atoms with Crippen molar-refractivity contribution in [1.29, 1.82) is 0 Å². The van der Waals surface area contributed by atoms with E-state index >= 15 is 0 Å². The Morgan fingerprint density at radius 1 is 1.16 bits per heavy atom. The molecule has 3 N–H and O–H groups in total. The van der Waals surface area contributed by atoms with Gasteiger partial charge in [-0.25, -0.2) is 9.18 Å². The zero-order valence-corrected chi connectivity index (χ0v) is 20.4. The molecule has 1 unspecified atom stereocenters. The summed E-state index contributed by atoms with van der Waals surface area (Å²) in [5, 5.41) is 31.6. The van der Waals surface area contributed by atoms with Crippen LogP contribution in [0.25, 0.3) is 22.2 Å². The highest BCUT2D eigenvalue weighted by Crippen LogP contribution is 2.32. The van der Waals surface area contributed by atoms with E-state index in [2.05, 4.69) is 25.4 Å². The average Bonchev–Trinajstić information content (AvgIpc) is 2.90. The normalized spacial score (nSPS) is 16.2. The Morgan fingerprint density at radius 2 is 2.03 bits per heavy atom. The molecule has 1 amide bonds. The van der Waals surface area contributed by atoms with Crippen LogP contribution in [0.2, 0.25) is 5.02 Å². The number of β-amino-alcohol motifs (C(OH)–C–C–N with tert-alkyl or cyclic N) is 1. The third kappa shape index (κ3) is 5.31. The standard InChI is InChI=1S/C26H24ClFN6O3/c27-17-2-4-21(28)20(12-17)24-13-18(14-30-32-24)31-22-5-6-29-23-11-16(1-3-19(22)23)25-15-33(9-10-35)7-8-34(25)26(36)37/h1-6,11-14,25,35H,7-10,15H2,(H,36,37)(H,29,31,32). The number of pyridine rings is 1. The summed E-state index contributed by atoms with van der Waals surface area (Å²) >= 11 is 6.03. The quantitative estimate of drug-likeness (QED) is 0.338. The number of aliphatic hydroxyl groups excluding tert-OH is 1. The van der Waals surface area contributed by atoms with Gasteiger partial charge in [0.15, 0.2) is 0 Å². The molecule has 1 aliphatic rings. The molecule has 2 aromatic carbocycles. The van der Waals surface area contributed by atoms with Crippen molar-refractivity contribution in [1.82, 2.24) is 25.0 Å². The predicted octanol–water partition coefficient (Wildman–Crippen LogP) is 4.56. The monoisotopic (exact) mass is 522 g/mol. The second-order valence-corrected chi connectivity index (χ2v) is 9.17. The first-order valence-electron chi connectivity index (χ1n) is 11.7. The largest absolute Gasteiger partial charge is 0.465 e. The first-order valence-corrected chi connectivity index (χ1v) is 12.1. The van der Waals surface area contributed by atoms with Crippen LogP contribution < -0.4 is 5.32 Å². The maximum atomic E-state index is 14.3. The van der Waals surface area contributed by atoms with E-state index in [1.807, 2.05) is 24.3 Å². The zero-order chi connectivity index (χ0) is 25.9. The molecule has 37 heavy (non-hydrogen) atoms.